The zero-order valence-electron chi connectivity index (χ0n) is 12.1. The minimum atomic E-state index is -0.289. The summed E-state index contributed by atoms with van der Waals surface area (Å²) in [5, 5.41) is 10.3. The van der Waals surface area contributed by atoms with Crippen LogP contribution in [0.2, 0.25) is 0 Å². The van der Waals surface area contributed by atoms with Gasteiger partial charge >= 0.3 is 0 Å². The van der Waals surface area contributed by atoms with E-state index in [4.69, 9.17) is 4.74 Å². The van der Waals surface area contributed by atoms with E-state index in [0.717, 1.165) is 38.2 Å². The lowest BCUT2D eigenvalue weighted by atomic mass is 9.75. The molecule has 1 aromatic heterocycles. The number of aliphatic hydroxyl groups excluding tert-OH is 1. The van der Waals surface area contributed by atoms with E-state index in [1.54, 1.807) is 0 Å². The van der Waals surface area contributed by atoms with Crippen LogP contribution in [-0.2, 0) is 17.7 Å². The van der Waals surface area contributed by atoms with Gasteiger partial charge in [0.25, 0.3) is 0 Å². The predicted molar refractivity (Wildman–Crippen MR) is 75.0 cm³/mol. The minimum absolute atomic E-state index is 0.200. The zero-order chi connectivity index (χ0) is 13.5. The van der Waals surface area contributed by atoms with Crippen LogP contribution in [-0.4, -0.2) is 22.9 Å². The summed E-state index contributed by atoms with van der Waals surface area (Å²) in [5.41, 5.74) is 2.69. The van der Waals surface area contributed by atoms with Gasteiger partial charge in [0.2, 0.25) is 0 Å². The standard InChI is InChI=1S/C16H25NO2/c1-16(2)8-14-13(15(18)9-16)5-6-17(14)10-12-4-3-7-19-11-12/h5-6,12,15,18H,3-4,7-11H2,1-2H3. The van der Waals surface area contributed by atoms with Crippen molar-refractivity contribution < 1.29 is 9.84 Å². The Bertz CT molecular complexity index is 444. The van der Waals surface area contributed by atoms with Gasteiger partial charge in [0, 0.05) is 36.5 Å². The largest absolute Gasteiger partial charge is 0.388 e. The van der Waals surface area contributed by atoms with Crippen molar-refractivity contribution in [2.75, 3.05) is 13.2 Å². The van der Waals surface area contributed by atoms with Crippen LogP contribution >= 0.6 is 0 Å². The highest BCUT2D eigenvalue weighted by molar-refractivity contribution is 5.29. The molecule has 0 radical (unpaired) electrons. The van der Waals surface area contributed by atoms with E-state index in [-0.39, 0.29) is 11.5 Å². The molecule has 0 aromatic carbocycles. The Morgan fingerprint density at radius 2 is 2.32 bits per heavy atom. The van der Waals surface area contributed by atoms with Crippen LogP contribution in [0.25, 0.3) is 0 Å². The van der Waals surface area contributed by atoms with E-state index in [9.17, 15) is 5.11 Å². The molecule has 1 aliphatic heterocycles. The Morgan fingerprint density at radius 1 is 1.47 bits per heavy atom. The molecule has 1 saturated heterocycles. The molecule has 2 aliphatic rings. The van der Waals surface area contributed by atoms with Crippen molar-refractivity contribution in [1.29, 1.82) is 0 Å². The first-order valence-corrected chi connectivity index (χ1v) is 7.49. The molecule has 2 unspecified atom stereocenters. The normalized spacial score (nSPS) is 30.1. The number of fused-ring (bicyclic) bond motifs is 1. The Balaban J connectivity index is 1.80. The molecule has 1 aromatic rings. The van der Waals surface area contributed by atoms with E-state index in [0.29, 0.717) is 5.92 Å². The van der Waals surface area contributed by atoms with Crippen molar-refractivity contribution in [3.8, 4) is 0 Å². The van der Waals surface area contributed by atoms with Crippen LogP contribution in [0.3, 0.4) is 0 Å². The summed E-state index contributed by atoms with van der Waals surface area (Å²) < 4.78 is 7.93. The van der Waals surface area contributed by atoms with Gasteiger partial charge in [-0.2, -0.15) is 0 Å². The fourth-order valence-electron chi connectivity index (χ4n) is 3.59. The van der Waals surface area contributed by atoms with Crippen LogP contribution in [0.15, 0.2) is 12.3 Å². The number of aromatic nitrogens is 1. The smallest absolute Gasteiger partial charge is 0.0812 e. The molecule has 2 atom stereocenters. The maximum atomic E-state index is 10.3. The van der Waals surface area contributed by atoms with Gasteiger partial charge in [0.1, 0.15) is 0 Å². The SMILES string of the molecule is CC1(C)Cc2c(ccn2CC2CCCOC2)C(O)C1. The average Bonchev–Trinajstić information content (AvgIpc) is 2.72. The molecule has 3 rings (SSSR count). The number of ether oxygens (including phenoxy) is 1. The Hall–Kier alpha value is -0.800. The summed E-state index contributed by atoms with van der Waals surface area (Å²) >= 11 is 0. The summed E-state index contributed by atoms with van der Waals surface area (Å²) in [6.45, 7) is 7.35. The maximum Gasteiger partial charge on any atom is 0.0812 e. The molecule has 106 valence electrons. The van der Waals surface area contributed by atoms with Gasteiger partial charge in [-0.3, -0.25) is 0 Å². The van der Waals surface area contributed by atoms with Gasteiger partial charge in [-0.15, -0.1) is 0 Å². The third kappa shape index (κ3) is 2.72. The fourth-order valence-corrected chi connectivity index (χ4v) is 3.59. The van der Waals surface area contributed by atoms with Crippen molar-refractivity contribution in [2.24, 2.45) is 11.3 Å². The molecule has 1 N–H and O–H groups in total. The van der Waals surface area contributed by atoms with Crippen molar-refractivity contribution in [2.45, 2.75) is 52.2 Å². The number of rotatable bonds is 2. The molecule has 1 aliphatic carbocycles. The lowest BCUT2D eigenvalue weighted by Gasteiger charge is -2.34. The summed E-state index contributed by atoms with van der Waals surface area (Å²) in [6.07, 6.45) is 6.25. The minimum Gasteiger partial charge on any atom is -0.388 e. The summed E-state index contributed by atoms with van der Waals surface area (Å²) in [6, 6.07) is 2.11. The number of hydrogen-bond donors (Lipinski definition) is 1. The second-order valence-electron chi connectivity index (χ2n) is 7.01. The van der Waals surface area contributed by atoms with Crippen LogP contribution in [0.4, 0.5) is 0 Å². The Morgan fingerprint density at radius 3 is 3.05 bits per heavy atom. The maximum absolute atomic E-state index is 10.3. The first kappa shape index (κ1) is 13.2. The fraction of sp³-hybridized carbons (Fsp3) is 0.750. The predicted octanol–water partition coefficient (Wildman–Crippen LogP) is 2.92. The highest BCUT2D eigenvalue weighted by Crippen LogP contribution is 2.41. The molecule has 2 heterocycles. The molecule has 3 heteroatoms. The van der Waals surface area contributed by atoms with Crippen molar-refractivity contribution in [3.63, 3.8) is 0 Å². The monoisotopic (exact) mass is 263 g/mol. The Labute approximate surface area is 115 Å². The number of aliphatic hydroxyl groups is 1. The zero-order valence-corrected chi connectivity index (χ0v) is 12.1. The van der Waals surface area contributed by atoms with Gasteiger partial charge in [0.05, 0.1) is 12.7 Å². The van der Waals surface area contributed by atoms with E-state index in [1.807, 2.05) is 0 Å². The van der Waals surface area contributed by atoms with Gasteiger partial charge < -0.3 is 14.4 Å². The molecular formula is C16H25NO2. The lowest BCUT2D eigenvalue weighted by molar-refractivity contribution is 0.0472. The first-order valence-electron chi connectivity index (χ1n) is 7.49. The van der Waals surface area contributed by atoms with E-state index >= 15 is 0 Å². The Kier molecular flexibility index (Phi) is 3.44. The van der Waals surface area contributed by atoms with Gasteiger partial charge in [-0.05, 0) is 37.2 Å². The molecule has 3 nitrogen and oxygen atoms in total. The van der Waals surface area contributed by atoms with Crippen LogP contribution < -0.4 is 0 Å². The topological polar surface area (TPSA) is 34.4 Å². The highest BCUT2D eigenvalue weighted by atomic mass is 16.5. The van der Waals surface area contributed by atoms with Gasteiger partial charge in [-0.1, -0.05) is 13.8 Å². The van der Waals surface area contributed by atoms with Crippen LogP contribution in [0, 0.1) is 11.3 Å². The molecule has 1 fully saturated rings. The third-order valence-electron chi connectivity index (χ3n) is 4.57. The van der Waals surface area contributed by atoms with Crippen LogP contribution in [0.5, 0.6) is 0 Å². The quantitative estimate of drug-likeness (QED) is 0.890. The van der Waals surface area contributed by atoms with Crippen molar-refractivity contribution >= 4 is 0 Å². The van der Waals surface area contributed by atoms with Crippen molar-refractivity contribution in [1.82, 2.24) is 4.57 Å². The van der Waals surface area contributed by atoms with E-state index in [1.165, 1.54) is 18.5 Å². The molecule has 0 saturated carbocycles. The molecule has 0 amide bonds. The molecule has 0 spiro atoms. The van der Waals surface area contributed by atoms with Gasteiger partial charge in [0.15, 0.2) is 0 Å². The summed E-state index contributed by atoms with van der Waals surface area (Å²) in [5.74, 6) is 0.632. The van der Waals surface area contributed by atoms with Crippen molar-refractivity contribution in [3.05, 3.63) is 23.5 Å². The van der Waals surface area contributed by atoms with E-state index < -0.39 is 0 Å². The molecule has 0 bridgehead atoms. The van der Waals surface area contributed by atoms with Gasteiger partial charge in [-0.25, -0.2) is 0 Å². The second-order valence-corrected chi connectivity index (χ2v) is 7.01. The van der Waals surface area contributed by atoms with Crippen LogP contribution in [0.1, 0.15) is 50.5 Å². The number of hydrogen-bond acceptors (Lipinski definition) is 2. The summed E-state index contributed by atoms with van der Waals surface area (Å²) in [7, 11) is 0. The lowest BCUT2D eigenvalue weighted by Crippen LogP contribution is -2.28. The second kappa shape index (κ2) is 4.95. The highest BCUT2D eigenvalue weighted by Gasteiger charge is 2.33. The van der Waals surface area contributed by atoms with E-state index in [2.05, 4.69) is 30.7 Å². The number of nitrogens with zero attached hydrogens (tertiary/aromatic N) is 1. The summed E-state index contributed by atoms with van der Waals surface area (Å²) in [4.78, 5) is 0. The average molecular weight is 263 g/mol. The third-order valence-corrected chi connectivity index (χ3v) is 4.57. The molecular weight excluding hydrogens is 238 g/mol. The molecule has 19 heavy (non-hydrogen) atoms. The first-order chi connectivity index (χ1) is 9.05.